The van der Waals surface area contributed by atoms with Crippen LogP contribution in [0.2, 0.25) is 0 Å². The Bertz CT molecular complexity index is 418. The topological polar surface area (TPSA) is 78.6 Å². The van der Waals surface area contributed by atoms with Crippen LogP contribution in [0.15, 0.2) is 12.1 Å². The van der Waals surface area contributed by atoms with E-state index in [9.17, 15) is 4.79 Å². The van der Waals surface area contributed by atoms with Gasteiger partial charge in [-0.05, 0) is 31.4 Å². The van der Waals surface area contributed by atoms with Gasteiger partial charge in [-0.2, -0.15) is 0 Å². The highest BCUT2D eigenvalue weighted by atomic mass is 32.1. The average molecular weight is 283 g/mol. The number of carbonyl (C=O) groups is 1. The first-order valence-corrected chi connectivity index (χ1v) is 7.51. The highest BCUT2D eigenvalue weighted by Gasteiger charge is 2.25. The maximum Gasteiger partial charge on any atom is 0.275 e. The van der Waals surface area contributed by atoms with Gasteiger partial charge in [0.1, 0.15) is 0 Å². The second-order valence-electron chi connectivity index (χ2n) is 4.87. The van der Waals surface area contributed by atoms with Gasteiger partial charge in [0.05, 0.1) is 4.88 Å². The number of carbonyl (C=O) groups excluding carboxylic acids is 1. The molecule has 1 heterocycles. The van der Waals surface area contributed by atoms with Crippen molar-refractivity contribution in [2.75, 3.05) is 13.2 Å². The first kappa shape index (κ1) is 14.5. The number of hydrogen-bond acceptors (Lipinski definition) is 5. The van der Waals surface area contributed by atoms with E-state index in [4.69, 9.17) is 10.9 Å². The summed E-state index contributed by atoms with van der Waals surface area (Å²) < 4.78 is 0. The zero-order valence-electron chi connectivity index (χ0n) is 11.0. The molecule has 0 atom stereocenters. The number of nitrogens with two attached hydrogens (primary N) is 1. The zero-order chi connectivity index (χ0) is 13.7. The lowest BCUT2D eigenvalue weighted by Crippen LogP contribution is -2.40. The van der Waals surface area contributed by atoms with Crippen LogP contribution in [-0.4, -0.2) is 35.1 Å². The van der Waals surface area contributed by atoms with Gasteiger partial charge in [0, 0.05) is 30.6 Å². The average Bonchev–Trinajstić information content (AvgIpc) is 2.81. The number of thiophene rings is 1. The molecule has 0 aliphatic heterocycles. The third-order valence-corrected chi connectivity index (χ3v) is 4.64. The van der Waals surface area contributed by atoms with Crippen LogP contribution in [0.5, 0.6) is 0 Å². The third-order valence-electron chi connectivity index (χ3n) is 3.57. The largest absolute Gasteiger partial charge is 0.396 e. The Morgan fingerprint density at radius 2 is 2.32 bits per heavy atom. The molecule has 0 aromatic carbocycles. The van der Waals surface area contributed by atoms with Gasteiger partial charge in [-0.25, -0.2) is 5.84 Å². The molecule has 0 radical (unpaired) electrons. The number of nitrogens with zero attached hydrogens (tertiary/aromatic N) is 1. The van der Waals surface area contributed by atoms with Crippen molar-refractivity contribution >= 4 is 17.2 Å². The number of nitrogens with one attached hydrogen (secondary N) is 1. The summed E-state index contributed by atoms with van der Waals surface area (Å²) in [6.07, 6.45) is 4.59. The predicted molar refractivity (Wildman–Crippen MR) is 75.7 cm³/mol. The molecule has 2 rings (SSSR count). The first-order chi connectivity index (χ1) is 9.24. The molecule has 4 N–H and O–H groups in total. The van der Waals surface area contributed by atoms with Crippen LogP contribution >= 0.6 is 11.3 Å². The van der Waals surface area contributed by atoms with Gasteiger partial charge < -0.3 is 5.11 Å². The van der Waals surface area contributed by atoms with Crippen molar-refractivity contribution in [2.45, 2.75) is 38.3 Å². The van der Waals surface area contributed by atoms with Gasteiger partial charge in [0.2, 0.25) is 0 Å². The molecule has 1 aromatic rings. The molecule has 1 saturated carbocycles. The van der Waals surface area contributed by atoms with Crippen molar-refractivity contribution in [3.05, 3.63) is 21.9 Å². The molecule has 1 aliphatic rings. The fraction of sp³-hybridized carbons (Fsp3) is 0.615. The summed E-state index contributed by atoms with van der Waals surface area (Å²) in [6, 6.07) is 4.44. The number of rotatable bonds is 7. The maximum absolute atomic E-state index is 11.4. The number of hydrazine groups is 1. The SMILES string of the molecule is NNC(=O)c1ccc(CN(CCCO)C2CCC2)s1. The Morgan fingerprint density at radius 1 is 1.53 bits per heavy atom. The maximum atomic E-state index is 11.4. The van der Waals surface area contributed by atoms with Crippen molar-refractivity contribution in [3.63, 3.8) is 0 Å². The zero-order valence-corrected chi connectivity index (χ0v) is 11.8. The molecular weight excluding hydrogens is 262 g/mol. The summed E-state index contributed by atoms with van der Waals surface area (Å²) >= 11 is 1.48. The van der Waals surface area contributed by atoms with E-state index in [1.807, 2.05) is 12.1 Å². The number of aliphatic hydroxyl groups excluding tert-OH is 1. The normalized spacial score (nSPS) is 15.5. The molecule has 0 unspecified atom stereocenters. The van der Waals surface area contributed by atoms with Crippen LogP contribution in [-0.2, 0) is 6.54 Å². The molecule has 5 nitrogen and oxygen atoms in total. The van der Waals surface area contributed by atoms with Crippen LogP contribution in [0, 0.1) is 0 Å². The standard InChI is InChI=1S/C13H21N3O2S/c14-15-13(18)12-6-5-11(19-12)9-16(7-2-8-17)10-3-1-4-10/h5-6,10,17H,1-4,7-9,14H2,(H,15,18). The molecule has 6 heteroatoms. The summed E-state index contributed by atoms with van der Waals surface area (Å²) in [7, 11) is 0. The van der Waals surface area contributed by atoms with Crippen molar-refractivity contribution in [3.8, 4) is 0 Å². The van der Waals surface area contributed by atoms with Crippen molar-refractivity contribution < 1.29 is 9.90 Å². The Morgan fingerprint density at radius 3 is 2.89 bits per heavy atom. The van der Waals surface area contributed by atoms with Gasteiger partial charge in [0.25, 0.3) is 5.91 Å². The summed E-state index contributed by atoms with van der Waals surface area (Å²) in [5, 5.41) is 8.97. The van der Waals surface area contributed by atoms with Crippen molar-refractivity contribution in [1.82, 2.24) is 10.3 Å². The van der Waals surface area contributed by atoms with E-state index in [2.05, 4.69) is 10.3 Å². The highest BCUT2D eigenvalue weighted by molar-refractivity contribution is 7.14. The molecule has 0 spiro atoms. The summed E-state index contributed by atoms with van der Waals surface area (Å²) in [6.45, 7) is 2.00. The van der Waals surface area contributed by atoms with E-state index < -0.39 is 0 Å². The molecule has 0 saturated heterocycles. The van der Waals surface area contributed by atoms with Crippen LogP contribution < -0.4 is 11.3 Å². The van der Waals surface area contributed by atoms with E-state index in [1.54, 1.807) is 0 Å². The Hall–Kier alpha value is -0.950. The molecule has 0 bridgehead atoms. The lowest BCUT2D eigenvalue weighted by Gasteiger charge is -2.37. The first-order valence-electron chi connectivity index (χ1n) is 6.69. The monoisotopic (exact) mass is 283 g/mol. The van der Waals surface area contributed by atoms with Crippen molar-refractivity contribution in [1.29, 1.82) is 0 Å². The molecule has 1 aromatic heterocycles. The summed E-state index contributed by atoms with van der Waals surface area (Å²) in [5.74, 6) is 4.89. The summed E-state index contributed by atoms with van der Waals surface area (Å²) in [4.78, 5) is 15.6. The lowest BCUT2D eigenvalue weighted by molar-refractivity contribution is 0.0957. The minimum absolute atomic E-state index is 0.231. The van der Waals surface area contributed by atoms with E-state index in [0.29, 0.717) is 10.9 Å². The van der Waals surface area contributed by atoms with E-state index >= 15 is 0 Å². The second-order valence-corrected chi connectivity index (χ2v) is 6.04. The molecule has 1 amide bonds. The van der Waals surface area contributed by atoms with E-state index in [1.165, 1.54) is 35.5 Å². The van der Waals surface area contributed by atoms with Crippen LogP contribution in [0.4, 0.5) is 0 Å². The Labute approximate surface area is 117 Å². The van der Waals surface area contributed by atoms with Crippen LogP contribution in [0.3, 0.4) is 0 Å². The smallest absolute Gasteiger partial charge is 0.275 e. The number of hydrogen-bond donors (Lipinski definition) is 3. The van der Waals surface area contributed by atoms with Crippen LogP contribution in [0.1, 0.15) is 40.2 Å². The fourth-order valence-corrected chi connectivity index (χ4v) is 3.21. The quantitative estimate of drug-likeness (QED) is 0.397. The van der Waals surface area contributed by atoms with Gasteiger partial charge in [-0.3, -0.25) is 15.1 Å². The second kappa shape index (κ2) is 7.00. The molecule has 106 valence electrons. The predicted octanol–water partition coefficient (Wildman–Crippen LogP) is 1.09. The fourth-order valence-electron chi connectivity index (χ4n) is 2.27. The van der Waals surface area contributed by atoms with Gasteiger partial charge in [-0.1, -0.05) is 6.42 Å². The molecule has 1 aliphatic carbocycles. The van der Waals surface area contributed by atoms with E-state index in [0.717, 1.165) is 19.5 Å². The van der Waals surface area contributed by atoms with Gasteiger partial charge >= 0.3 is 0 Å². The minimum atomic E-state index is -0.234. The lowest BCUT2D eigenvalue weighted by atomic mass is 9.91. The number of amides is 1. The van der Waals surface area contributed by atoms with Gasteiger partial charge in [0.15, 0.2) is 0 Å². The molecule has 1 fully saturated rings. The molecule has 19 heavy (non-hydrogen) atoms. The van der Waals surface area contributed by atoms with Crippen LogP contribution in [0.25, 0.3) is 0 Å². The van der Waals surface area contributed by atoms with E-state index in [-0.39, 0.29) is 12.5 Å². The van der Waals surface area contributed by atoms with Crippen molar-refractivity contribution in [2.24, 2.45) is 5.84 Å². The third kappa shape index (κ3) is 3.76. The molecular formula is C13H21N3O2S. The number of aliphatic hydroxyl groups is 1. The Balaban J connectivity index is 1.95. The number of nitrogen functional groups attached to an aromatic ring is 1. The highest BCUT2D eigenvalue weighted by Crippen LogP contribution is 2.28. The Kier molecular flexibility index (Phi) is 5.33. The van der Waals surface area contributed by atoms with Gasteiger partial charge in [-0.15, -0.1) is 11.3 Å². The summed E-state index contributed by atoms with van der Waals surface area (Å²) in [5.41, 5.74) is 2.15. The minimum Gasteiger partial charge on any atom is -0.396 e.